The summed E-state index contributed by atoms with van der Waals surface area (Å²) in [7, 11) is 0. The second kappa shape index (κ2) is 16.6. The van der Waals surface area contributed by atoms with E-state index in [0.29, 0.717) is 11.5 Å². The van der Waals surface area contributed by atoms with Gasteiger partial charge in [-0.1, -0.05) is 155 Å². The third-order valence-electron chi connectivity index (χ3n) is 19.5. The van der Waals surface area contributed by atoms with Gasteiger partial charge in [-0.3, -0.25) is 16.0 Å². The van der Waals surface area contributed by atoms with Gasteiger partial charge < -0.3 is 13.6 Å². The number of benzene rings is 7. The average molecular weight is 1000 g/mol. The Morgan fingerprint density at radius 1 is 0.649 bits per heavy atom. The van der Waals surface area contributed by atoms with E-state index in [1.54, 1.807) is 0 Å². The molecule has 7 aromatic carbocycles. The van der Waals surface area contributed by atoms with Gasteiger partial charge in [0.25, 0.3) is 0 Å². The minimum Gasteiger partial charge on any atom is -0.456 e. The maximum atomic E-state index is 11.9. The van der Waals surface area contributed by atoms with Crippen molar-refractivity contribution in [3.05, 3.63) is 201 Å². The Hall–Kier alpha value is -7.73. The van der Waals surface area contributed by atoms with Crippen molar-refractivity contribution in [1.29, 1.82) is 5.26 Å². The first-order valence-electron chi connectivity index (χ1n) is 28.3. The lowest BCUT2D eigenvalue weighted by Crippen LogP contribution is -2.66. The normalized spacial score (nSPS) is 23.8. The molecule has 4 heterocycles. The zero-order valence-electron chi connectivity index (χ0n) is 44.3. The fraction of sp³-hybridized carbons (Fsp3) is 0.271. The third kappa shape index (κ3) is 6.41. The number of nitrogens with one attached hydrogen (secondary N) is 3. The van der Waals surface area contributed by atoms with E-state index >= 15 is 0 Å². The van der Waals surface area contributed by atoms with Crippen LogP contribution < -0.4 is 26.6 Å². The molecule has 1 saturated heterocycles. The molecular formula is C70H62N6O. The average Bonchev–Trinajstić information content (AvgIpc) is 4.29. The molecule has 378 valence electrons. The highest BCUT2D eigenvalue weighted by atomic mass is 16.3. The van der Waals surface area contributed by atoms with Crippen LogP contribution in [-0.2, 0) is 10.8 Å². The molecule has 0 radical (unpaired) electrons. The Kier molecular flexibility index (Phi) is 9.82. The van der Waals surface area contributed by atoms with Crippen molar-refractivity contribution >= 4 is 66.7 Å². The van der Waals surface area contributed by atoms with Crippen LogP contribution in [0.3, 0.4) is 0 Å². The summed E-state index contributed by atoms with van der Waals surface area (Å²) in [5.41, 5.74) is 19.4. The van der Waals surface area contributed by atoms with Gasteiger partial charge in [0.1, 0.15) is 17.1 Å². The van der Waals surface area contributed by atoms with E-state index in [-0.39, 0.29) is 41.2 Å². The molecule has 0 bridgehead atoms. The lowest BCUT2D eigenvalue weighted by Gasteiger charge is -2.43. The van der Waals surface area contributed by atoms with Gasteiger partial charge in [-0.15, -0.1) is 0 Å². The molecule has 1 aliphatic heterocycles. The summed E-state index contributed by atoms with van der Waals surface area (Å²) in [6, 6.07) is 52.4. The summed E-state index contributed by atoms with van der Waals surface area (Å²) < 4.78 is 11.5. The molecule has 3 aromatic heterocycles. The largest absolute Gasteiger partial charge is 0.456 e. The van der Waals surface area contributed by atoms with Crippen molar-refractivity contribution in [2.24, 2.45) is 11.8 Å². The van der Waals surface area contributed by atoms with Crippen LogP contribution in [-0.4, -0.2) is 21.5 Å². The van der Waals surface area contributed by atoms with Gasteiger partial charge in [-0.25, -0.2) is 0 Å². The number of furan rings is 1. The molecule has 7 nitrogen and oxygen atoms in total. The highest BCUT2D eigenvalue weighted by Gasteiger charge is 2.48. The Labute approximate surface area is 448 Å². The standard InChI is InChI=1S/C70H62N6O/c1-69(2)52-25-13-8-23-48(52)62-54(69)33-31-46-43-20-10-15-27-56(43)75(64(46)62)58-38-59(76-57-28-16-11-21-44(57)47-32-34-55-63(65(47)76)49-24-9-14-26-53(49)70(55,3)4)51(37-42(58)39-71)68-73-66(40-18-6-5-7-19-40)72-67(74-68)41-30-35-61-50(36-41)45-22-12-17-29-60(45)77-61/h8-13,15-18,20-25,27-29,31-38,41,49,53,66-68,72-74H,5-7,14,19,26,30H2,1-4H3. The van der Waals surface area contributed by atoms with Crippen molar-refractivity contribution < 1.29 is 4.42 Å². The van der Waals surface area contributed by atoms with Gasteiger partial charge in [-0.05, 0) is 126 Å². The SMILES string of the molecule is CC1(C)c2ccccc2-c2c1ccc1c3ccccc3n(-c3cc(-n4c5ccccc5c5ccc6c(c54)C4C=CCCC4C6(C)C)c(C4NC(C5=CCCCC5)NC(C5C=c6c(oc7ccccc67)=CC5)N4)cc3C#N)c21. The number of hydrogen-bond acceptors (Lipinski definition) is 5. The predicted octanol–water partition coefficient (Wildman–Crippen LogP) is 14.4. The lowest BCUT2D eigenvalue weighted by atomic mass is 9.72. The zero-order valence-corrected chi connectivity index (χ0v) is 44.3. The van der Waals surface area contributed by atoms with Gasteiger partial charge in [-0.2, -0.15) is 5.26 Å². The molecule has 0 spiro atoms. The minimum absolute atomic E-state index is 0.00763. The smallest absolute Gasteiger partial charge is 0.135 e. The van der Waals surface area contributed by atoms with Crippen LogP contribution >= 0.6 is 0 Å². The molecule has 1 fully saturated rings. The van der Waals surface area contributed by atoms with Gasteiger partial charge in [0.15, 0.2) is 0 Å². The molecule has 6 atom stereocenters. The maximum Gasteiger partial charge on any atom is 0.135 e. The monoisotopic (exact) mass is 1000 g/mol. The van der Waals surface area contributed by atoms with E-state index in [0.717, 1.165) is 70.0 Å². The Morgan fingerprint density at radius 3 is 2.16 bits per heavy atom. The molecule has 3 N–H and O–H groups in total. The van der Waals surface area contributed by atoms with Crippen LogP contribution in [0.15, 0.2) is 162 Å². The number of aromatic nitrogens is 2. The number of allylic oxidation sites excluding steroid dienone is 3. The van der Waals surface area contributed by atoms with Crippen LogP contribution in [0, 0.1) is 23.2 Å². The number of para-hydroxylation sites is 3. The first-order valence-corrected chi connectivity index (χ1v) is 28.3. The summed E-state index contributed by atoms with van der Waals surface area (Å²) >= 11 is 0. The lowest BCUT2D eigenvalue weighted by molar-refractivity contribution is 0.189. The third-order valence-corrected chi connectivity index (χ3v) is 19.5. The Balaban J connectivity index is 1.00. The summed E-state index contributed by atoms with van der Waals surface area (Å²) in [4.78, 5) is 0. The summed E-state index contributed by atoms with van der Waals surface area (Å²) in [5.74, 6) is 0.907. The van der Waals surface area contributed by atoms with Crippen molar-refractivity contribution in [1.82, 2.24) is 25.1 Å². The second-order valence-electron chi connectivity index (χ2n) is 24.1. The van der Waals surface area contributed by atoms with Crippen molar-refractivity contribution in [2.75, 3.05) is 0 Å². The number of rotatable bonds is 5. The Morgan fingerprint density at radius 2 is 1.36 bits per heavy atom. The number of nitrogens with zero attached hydrogens (tertiary/aromatic N) is 3. The summed E-state index contributed by atoms with van der Waals surface area (Å²) in [6.07, 6.45) is 19.2. The number of hydrogen-bond donors (Lipinski definition) is 3. The van der Waals surface area contributed by atoms with Crippen molar-refractivity contribution in [2.45, 2.75) is 108 Å². The van der Waals surface area contributed by atoms with Gasteiger partial charge in [0, 0.05) is 60.5 Å². The second-order valence-corrected chi connectivity index (χ2v) is 24.1. The first-order chi connectivity index (χ1) is 37.7. The molecule has 16 rings (SSSR count). The van der Waals surface area contributed by atoms with Crippen molar-refractivity contribution in [3.63, 3.8) is 0 Å². The summed E-state index contributed by atoms with van der Waals surface area (Å²) in [5, 5.41) is 31.7. The molecule has 5 aliphatic carbocycles. The maximum absolute atomic E-state index is 11.9. The molecular weight excluding hydrogens is 941 g/mol. The van der Waals surface area contributed by atoms with E-state index < -0.39 is 0 Å². The number of nitriles is 1. The van der Waals surface area contributed by atoms with Crippen molar-refractivity contribution in [3.8, 4) is 28.6 Å². The fourth-order valence-electron chi connectivity index (χ4n) is 15.8. The van der Waals surface area contributed by atoms with Gasteiger partial charge in [0.05, 0.1) is 57.5 Å². The van der Waals surface area contributed by atoms with E-state index in [1.807, 2.05) is 0 Å². The van der Waals surface area contributed by atoms with E-state index in [2.05, 4.69) is 223 Å². The van der Waals surface area contributed by atoms with Crippen LogP contribution in [0.2, 0.25) is 0 Å². The molecule has 77 heavy (non-hydrogen) atoms. The molecule has 6 unspecified atom stereocenters. The number of fused-ring (bicyclic) bond motifs is 17. The van der Waals surface area contributed by atoms with Crippen LogP contribution in [0.25, 0.3) is 89.2 Å². The highest BCUT2D eigenvalue weighted by Crippen LogP contribution is 2.58. The van der Waals surface area contributed by atoms with E-state index in [9.17, 15) is 5.26 Å². The van der Waals surface area contributed by atoms with E-state index in [1.165, 1.54) is 96.0 Å². The predicted molar refractivity (Wildman–Crippen MR) is 314 cm³/mol. The molecule has 10 aromatic rings. The first kappa shape index (κ1) is 45.5. The molecule has 7 heteroatoms. The summed E-state index contributed by atoms with van der Waals surface area (Å²) in [6.45, 7) is 9.69. The van der Waals surface area contributed by atoms with Crippen LogP contribution in [0.4, 0.5) is 0 Å². The van der Waals surface area contributed by atoms with Crippen LogP contribution in [0.5, 0.6) is 0 Å². The molecule has 0 saturated carbocycles. The quantitative estimate of drug-likeness (QED) is 0.150. The topological polar surface area (TPSA) is 82.9 Å². The zero-order chi connectivity index (χ0) is 51.5. The Bertz CT molecular complexity index is 4430. The molecule has 0 amide bonds. The molecule has 6 aliphatic rings. The van der Waals surface area contributed by atoms with Gasteiger partial charge in [0.2, 0.25) is 0 Å². The minimum atomic E-state index is -0.345. The van der Waals surface area contributed by atoms with E-state index in [4.69, 9.17) is 4.42 Å². The van der Waals surface area contributed by atoms with Crippen LogP contribution in [0.1, 0.15) is 118 Å². The highest BCUT2D eigenvalue weighted by molar-refractivity contribution is 6.16. The van der Waals surface area contributed by atoms with Gasteiger partial charge >= 0.3 is 0 Å². The fourth-order valence-corrected chi connectivity index (χ4v) is 15.8.